The normalized spacial score (nSPS) is 24.1. The molecular formula is C17H29AsCl2. The van der Waals surface area contributed by atoms with Crippen molar-refractivity contribution in [3.8, 4) is 0 Å². The first-order valence-corrected chi connectivity index (χ1v) is 13.5. The Hall–Kier alpha value is 0.618. The molecule has 0 saturated carbocycles. The van der Waals surface area contributed by atoms with Gasteiger partial charge < -0.3 is 0 Å². The summed E-state index contributed by atoms with van der Waals surface area (Å²) in [5, 5.41) is 0. The van der Waals surface area contributed by atoms with Gasteiger partial charge in [0, 0.05) is 0 Å². The van der Waals surface area contributed by atoms with Crippen LogP contribution in [0.2, 0.25) is 4.20 Å². The van der Waals surface area contributed by atoms with Gasteiger partial charge in [0.15, 0.2) is 0 Å². The van der Waals surface area contributed by atoms with Gasteiger partial charge >= 0.3 is 139 Å². The third-order valence-corrected chi connectivity index (χ3v) is 10.3. The van der Waals surface area contributed by atoms with Gasteiger partial charge in [0.2, 0.25) is 0 Å². The van der Waals surface area contributed by atoms with Crippen LogP contribution in [0.3, 0.4) is 0 Å². The summed E-state index contributed by atoms with van der Waals surface area (Å²) in [6.07, 6.45) is 2.45. The van der Waals surface area contributed by atoms with Crippen LogP contribution >= 0.6 is 19.9 Å². The molecule has 0 heterocycles. The molecule has 1 unspecified atom stereocenters. The second kappa shape index (κ2) is 6.80. The Morgan fingerprint density at radius 1 is 0.850 bits per heavy atom. The maximum absolute atomic E-state index is 6.65. The Balaban J connectivity index is 3.68. The van der Waals surface area contributed by atoms with Crippen LogP contribution in [0.4, 0.5) is 0 Å². The molecule has 1 atom stereocenters. The van der Waals surface area contributed by atoms with Crippen molar-refractivity contribution in [2.45, 2.75) is 59.6 Å². The van der Waals surface area contributed by atoms with E-state index in [9.17, 15) is 0 Å². The zero-order valence-electron chi connectivity index (χ0n) is 14.1. The molecule has 1 aliphatic carbocycles. The predicted octanol–water partition coefficient (Wildman–Crippen LogP) is 6.55. The van der Waals surface area contributed by atoms with Crippen molar-refractivity contribution in [1.29, 1.82) is 0 Å². The molecule has 0 aliphatic heterocycles. The molecule has 0 saturated heterocycles. The zero-order chi connectivity index (χ0) is 15.8. The fourth-order valence-corrected chi connectivity index (χ4v) is 9.45. The molecule has 0 fully saturated rings. The second-order valence-corrected chi connectivity index (χ2v) is 14.0. The van der Waals surface area contributed by atoms with Gasteiger partial charge in [-0.1, -0.05) is 0 Å². The molecule has 0 nitrogen and oxygen atoms in total. The average Bonchev–Trinajstić information content (AvgIpc) is 2.65. The molecule has 1 rings (SSSR count). The number of hydrogen-bond acceptors (Lipinski definition) is 0. The zero-order valence-corrected chi connectivity index (χ0v) is 17.5. The molecule has 0 radical (unpaired) electrons. The Kier molecular flexibility index (Phi) is 6.35. The summed E-state index contributed by atoms with van der Waals surface area (Å²) in [6.45, 7) is 18.3. The summed E-state index contributed by atoms with van der Waals surface area (Å²) in [4.78, 5) is 0. The van der Waals surface area contributed by atoms with E-state index in [2.05, 4.69) is 61.5 Å². The number of rotatable bonds is 5. The molecule has 0 N–H and O–H groups in total. The van der Waals surface area contributed by atoms with Crippen molar-refractivity contribution < 1.29 is 0 Å². The molecule has 3 heteroatoms. The molecule has 116 valence electrons. The SMILES string of the molecule is CC(C)C1=CC(C(C)C)([As](Cl)Cl)C(C(C)C)=C1C(C)C. The summed E-state index contributed by atoms with van der Waals surface area (Å²) >= 11 is -1.95. The first-order valence-electron chi connectivity index (χ1n) is 7.66. The van der Waals surface area contributed by atoms with Crippen LogP contribution in [-0.4, -0.2) is 12.8 Å². The molecule has 1 aliphatic rings. The van der Waals surface area contributed by atoms with Gasteiger partial charge in [0.05, 0.1) is 0 Å². The van der Waals surface area contributed by atoms with Crippen LogP contribution in [0.1, 0.15) is 55.4 Å². The van der Waals surface area contributed by atoms with Crippen LogP contribution in [0.25, 0.3) is 0 Å². The second-order valence-electron chi connectivity index (χ2n) is 7.10. The van der Waals surface area contributed by atoms with Crippen molar-refractivity contribution in [2.24, 2.45) is 23.7 Å². The minimum absolute atomic E-state index is 0.0660. The summed E-state index contributed by atoms with van der Waals surface area (Å²) in [5.74, 6) is 2.02. The summed E-state index contributed by atoms with van der Waals surface area (Å²) in [6, 6.07) is 0. The van der Waals surface area contributed by atoms with E-state index in [-0.39, 0.29) is 4.20 Å². The third kappa shape index (κ3) is 3.04. The van der Waals surface area contributed by atoms with E-state index in [0.717, 1.165) is 0 Å². The van der Waals surface area contributed by atoms with Crippen LogP contribution in [0.5, 0.6) is 0 Å². The van der Waals surface area contributed by atoms with E-state index >= 15 is 0 Å². The van der Waals surface area contributed by atoms with Crippen molar-refractivity contribution in [1.82, 2.24) is 0 Å². The summed E-state index contributed by atoms with van der Waals surface area (Å²) in [7, 11) is 13.3. The average molecular weight is 379 g/mol. The standard InChI is InChI=1S/C17H29AsCl2/c1-10(2)14-9-17(13(7)8,18(19)20)16(12(5)6)15(14)11(3)4/h9-13H,1-8H3. The van der Waals surface area contributed by atoms with E-state index in [0.29, 0.717) is 23.7 Å². The predicted molar refractivity (Wildman–Crippen MR) is 94.6 cm³/mol. The monoisotopic (exact) mass is 378 g/mol. The first-order chi connectivity index (χ1) is 9.07. The molecule has 0 aromatic heterocycles. The topological polar surface area (TPSA) is 0 Å². The molecule has 0 aromatic rings. The van der Waals surface area contributed by atoms with Gasteiger partial charge in [-0.15, -0.1) is 0 Å². The van der Waals surface area contributed by atoms with Crippen molar-refractivity contribution in [2.75, 3.05) is 0 Å². The van der Waals surface area contributed by atoms with Gasteiger partial charge in [0.25, 0.3) is 0 Å². The van der Waals surface area contributed by atoms with E-state index in [1.807, 2.05) is 0 Å². The summed E-state index contributed by atoms with van der Waals surface area (Å²) in [5.41, 5.74) is 4.54. The Labute approximate surface area is 138 Å². The fourth-order valence-electron chi connectivity index (χ4n) is 3.47. The van der Waals surface area contributed by atoms with E-state index < -0.39 is 12.8 Å². The van der Waals surface area contributed by atoms with Gasteiger partial charge in [-0.2, -0.15) is 0 Å². The Bertz CT molecular complexity index is 407. The van der Waals surface area contributed by atoms with Crippen LogP contribution in [0.15, 0.2) is 22.8 Å². The van der Waals surface area contributed by atoms with Gasteiger partial charge in [0.1, 0.15) is 0 Å². The van der Waals surface area contributed by atoms with Gasteiger partial charge in [-0.3, -0.25) is 0 Å². The van der Waals surface area contributed by atoms with Crippen molar-refractivity contribution in [3.05, 3.63) is 22.8 Å². The minimum atomic E-state index is -1.95. The van der Waals surface area contributed by atoms with Gasteiger partial charge in [-0.05, 0) is 0 Å². The Morgan fingerprint density at radius 2 is 1.35 bits per heavy atom. The molecule has 0 bridgehead atoms. The molecule has 0 spiro atoms. The van der Waals surface area contributed by atoms with E-state index in [1.54, 1.807) is 0 Å². The van der Waals surface area contributed by atoms with Crippen LogP contribution in [0, 0.1) is 23.7 Å². The third-order valence-electron chi connectivity index (χ3n) is 4.34. The van der Waals surface area contributed by atoms with E-state index in [4.69, 9.17) is 19.9 Å². The fraction of sp³-hybridized carbons (Fsp3) is 0.765. The van der Waals surface area contributed by atoms with Crippen LogP contribution < -0.4 is 0 Å². The van der Waals surface area contributed by atoms with E-state index in [1.165, 1.54) is 16.7 Å². The molecule has 0 amide bonds. The van der Waals surface area contributed by atoms with Crippen molar-refractivity contribution in [3.63, 3.8) is 0 Å². The first kappa shape index (κ1) is 18.7. The molecular weight excluding hydrogens is 350 g/mol. The maximum atomic E-state index is 6.65. The Morgan fingerprint density at radius 3 is 1.60 bits per heavy atom. The molecule has 20 heavy (non-hydrogen) atoms. The number of hydrogen-bond donors (Lipinski definition) is 0. The quantitative estimate of drug-likeness (QED) is 0.475. The molecule has 0 aromatic carbocycles. The summed E-state index contributed by atoms with van der Waals surface area (Å²) < 4.78 is -0.0660. The number of allylic oxidation sites excluding steroid dienone is 4. The van der Waals surface area contributed by atoms with Crippen molar-refractivity contribution >= 4 is 32.7 Å². The van der Waals surface area contributed by atoms with Gasteiger partial charge in [-0.25, -0.2) is 0 Å². The van der Waals surface area contributed by atoms with Crippen LogP contribution in [-0.2, 0) is 0 Å². The number of halogens is 2.